The summed E-state index contributed by atoms with van der Waals surface area (Å²) in [5.41, 5.74) is -0.259. The number of halogens is 2. The zero-order valence-electron chi connectivity index (χ0n) is 9.48. The Bertz CT molecular complexity index is 599. The summed E-state index contributed by atoms with van der Waals surface area (Å²) >= 11 is 0. The van der Waals surface area contributed by atoms with Crippen LogP contribution in [-0.4, -0.2) is 17.9 Å². The number of nitrogens with zero attached hydrogens (tertiary/aromatic N) is 1. The van der Waals surface area contributed by atoms with Gasteiger partial charge in [-0.25, -0.2) is 13.8 Å². The molecule has 3 nitrogen and oxygen atoms in total. The van der Waals surface area contributed by atoms with E-state index in [4.69, 9.17) is 4.74 Å². The van der Waals surface area contributed by atoms with Crippen LogP contribution in [0.5, 0.6) is 5.88 Å². The zero-order valence-corrected chi connectivity index (χ0v) is 9.48. The predicted molar refractivity (Wildman–Crippen MR) is 60.6 cm³/mol. The highest BCUT2D eigenvalue weighted by Gasteiger charge is 2.19. The highest BCUT2D eigenvalue weighted by Crippen LogP contribution is 2.20. The molecule has 2 aromatic rings. The number of hydrogen-bond donors (Lipinski definition) is 0. The molecule has 92 valence electrons. The molecule has 0 unspecified atom stereocenters. The number of ketones is 1. The van der Waals surface area contributed by atoms with Crippen molar-refractivity contribution < 1.29 is 18.3 Å². The second-order valence-electron chi connectivity index (χ2n) is 3.51. The summed E-state index contributed by atoms with van der Waals surface area (Å²) in [7, 11) is 1.35. The summed E-state index contributed by atoms with van der Waals surface area (Å²) < 4.78 is 31.4. The van der Waals surface area contributed by atoms with Crippen molar-refractivity contribution in [3.8, 4) is 5.88 Å². The van der Waals surface area contributed by atoms with Gasteiger partial charge in [0.1, 0.15) is 11.6 Å². The van der Waals surface area contributed by atoms with Crippen LogP contribution in [0.25, 0.3) is 0 Å². The van der Waals surface area contributed by atoms with Crippen molar-refractivity contribution in [2.45, 2.75) is 0 Å². The Labute approximate surface area is 102 Å². The molecule has 0 atom stereocenters. The fourth-order valence-electron chi connectivity index (χ4n) is 1.54. The molecule has 1 heterocycles. The Morgan fingerprint density at radius 2 is 2.00 bits per heavy atom. The maximum Gasteiger partial charge on any atom is 0.224 e. The Morgan fingerprint density at radius 3 is 2.72 bits per heavy atom. The van der Waals surface area contributed by atoms with Crippen molar-refractivity contribution in [1.29, 1.82) is 0 Å². The second kappa shape index (κ2) is 4.91. The van der Waals surface area contributed by atoms with Gasteiger partial charge in [0, 0.05) is 6.20 Å². The van der Waals surface area contributed by atoms with Gasteiger partial charge in [-0.2, -0.15) is 0 Å². The van der Waals surface area contributed by atoms with E-state index >= 15 is 0 Å². The number of carbonyl (C=O) groups is 1. The molecule has 0 N–H and O–H groups in total. The molecule has 5 heteroatoms. The first kappa shape index (κ1) is 12.2. The van der Waals surface area contributed by atoms with Gasteiger partial charge in [-0.3, -0.25) is 4.79 Å². The number of ether oxygens (including phenoxy) is 1. The van der Waals surface area contributed by atoms with Crippen LogP contribution in [0, 0.1) is 11.6 Å². The van der Waals surface area contributed by atoms with Gasteiger partial charge < -0.3 is 4.74 Å². The van der Waals surface area contributed by atoms with E-state index in [0.29, 0.717) is 0 Å². The van der Waals surface area contributed by atoms with Crippen LogP contribution >= 0.6 is 0 Å². The smallest absolute Gasteiger partial charge is 0.224 e. The van der Waals surface area contributed by atoms with Crippen molar-refractivity contribution in [1.82, 2.24) is 4.98 Å². The molecule has 0 saturated carbocycles. The molecule has 0 fully saturated rings. The number of hydrogen-bond acceptors (Lipinski definition) is 3. The maximum absolute atomic E-state index is 13.5. The van der Waals surface area contributed by atoms with Gasteiger partial charge >= 0.3 is 0 Å². The molecule has 2 rings (SSSR count). The number of carbonyl (C=O) groups excluding carboxylic acids is 1. The van der Waals surface area contributed by atoms with E-state index in [0.717, 1.165) is 18.2 Å². The largest absolute Gasteiger partial charge is 0.480 e. The molecule has 1 aromatic carbocycles. The van der Waals surface area contributed by atoms with E-state index in [1.165, 1.54) is 25.4 Å². The number of benzene rings is 1. The van der Waals surface area contributed by atoms with Gasteiger partial charge in [0.05, 0.1) is 18.2 Å². The monoisotopic (exact) mass is 249 g/mol. The second-order valence-corrected chi connectivity index (χ2v) is 3.51. The molecule has 0 saturated heterocycles. The van der Waals surface area contributed by atoms with Crippen LogP contribution in [-0.2, 0) is 0 Å². The first-order valence-corrected chi connectivity index (χ1v) is 5.12. The van der Waals surface area contributed by atoms with E-state index in [2.05, 4.69) is 4.98 Å². The number of aromatic nitrogens is 1. The molecule has 1 aromatic heterocycles. The average molecular weight is 249 g/mol. The molecule has 0 aliphatic rings. The predicted octanol–water partition coefficient (Wildman–Crippen LogP) is 2.60. The van der Waals surface area contributed by atoms with Gasteiger partial charge in [0.25, 0.3) is 0 Å². The Morgan fingerprint density at radius 1 is 1.22 bits per heavy atom. The van der Waals surface area contributed by atoms with Crippen molar-refractivity contribution in [2.24, 2.45) is 0 Å². The minimum absolute atomic E-state index is 0.0751. The van der Waals surface area contributed by atoms with Crippen molar-refractivity contribution in [3.63, 3.8) is 0 Å². The SMILES string of the molecule is COc1ncccc1C(=O)c1cc(F)ccc1F. The van der Waals surface area contributed by atoms with Gasteiger partial charge in [0.2, 0.25) is 11.7 Å². The van der Waals surface area contributed by atoms with Crippen molar-refractivity contribution in [2.75, 3.05) is 7.11 Å². The molecule has 0 radical (unpaired) electrons. The lowest BCUT2D eigenvalue weighted by Gasteiger charge is -2.06. The summed E-state index contributed by atoms with van der Waals surface area (Å²) in [6.45, 7) is 0. The van der Waals surface area contributed by atoms with E-state index in [1.807, 2.05) is 0 Å². The Balaban J connectivity index is 2.51. The number of pyridine rings is 1. The minimum atomic E-state index is -0.785. The lowest BCUT2D eigenvalue weighted by atomic mass is 10.0. The summed E-state index contributed by atoms with van der Waals surface area (Å²) in [6, 6.07) is 5.67. The molecule has 0 aliphatic heterocycles. The zero-order chi connectivity index (χ0) is 13.1. The average Bonchev–Trinajstić information content (AvgIpc) is 2.40. The first-order valence-electron chi connectivity index (χ1n) is 5.12. The van der Waals surface area contributed by atoms with Crippen LogP contribution in [0.4, 0.5) is 8.78 Å². The number of methoxy groups -OCH3 is 1. The summed E-state index contributed by atoms with van der Waals surface area (Å²) in [5.74, 6) is -2.06. The van der Waals surface area contributed by atoms with Crippen LogP contribution in [0.1, 0.15) is 15.9 Å². The normalized spacial score (nSPS) is 10.2. The van der Waals surface area contributed by atoms with Crippen LogP contribution < -0.4 is 4.74 Å². The van der Waals surface area contributed by atoms with Crippen molar-refractivity contribution in [3.05, 3.63) is 59.3 Å². The molecular weight excluding hydrogens is 240 g/mol. The minimum Gasteiger partial charge on any atom is -0.480 e. The van der Waals surface area contributed by atoms with Crippen molar-refractivity contribution >= 4 is 5.78 Å². The van der Waals surface area contributed by atoms with Gasteiger partial charge in [-0.05, 0) is 30.3 Å². The fourth-order valence-corrected chi connectivity index (χ4v) is 1.54. The summed E-state index contributed by atoms with van der Waals surface area (Å²) in [6.07, 6.45) is 1.44. The molecule has 0 amide bonds. The maximum atomic E-state index is 13.5. The highest BCUT2D eigenvalue weighted by atomic mass is 19.1. The standard InChI is InChI=1S/C13H9F2NO2/c1-18-13-9(3-2-6-16-13)12(17)10-7-8(14)4-5-11(10)15/h2-7H,1H3. The molecule has 0 bridgehead atoms. The number of rotatable bonds is 3. The lowest BCUT2D eigenvalue weighted by molar-refractivity contribution is 0.103. The lowest BCUT2D eigenvalue weighted by Crippen LogP contribution is -2.07. The van der Waals surface area contributed by atoms with Gasteiger partial charge in [0.15, 0.2) is 0 Å². The quantitative estimate of drug-likeness (QED) is 0.785. The van der Waals surface area contributed by atoms with Gasteiger partial charge in [-0.1, -0.05) is 0 Å². The van der Waals surface area contributed by atoms with E-state index in [9.17, 15) is 13.6 Å². The molecule has 0 aliphatic carbocycles. The highest BCUT2D eigenvalue weighted by molar-refractivity contribution is 6.10. The van der Waals surface area contributed by atoms with Crippen LogP contribution in [0.2, 0.25) is 0 Å². The molecule has 18 heavy (non-hydrogen) atoms. The topological polar surface area (TPSA) is 39.2 Å². The summed E-state index contributed by atoms with van der Waals surface area (Å²) in [5, 5.41) is 0. The van der Waals surface area contributed by atoms with Gasteiger partial charge in [-0.15, -0.1) is 0 Å². The van der Waals surface area contributed by atoms with E-state index < -0.39 is 17.4 Å². The third kappa shape index (κ3) is 2.20. The summed E-state index contributed by atoms with van der Waals surface area (Å²) in [4.78, 5) is 15.9. The fraction of sp³-hybridized carbons (Fsp3) is 0.0769. The molecular formula is C13H9F2NO2. The Hall–Kier alpha value is -2.30. The Kier molecular flexibility index (Phi) is 3.32. The van der Waals surface area contributed by atoms with E-state index in [1.54, 1.807) is 0 Å². The third-order valence-electron chi connectivity index (χ3n) is 2.38. The third-order valence-corrected chi connectivity index (χ3v) is 2.38. The van der Waals surface area contributed by atoms with Crippen LogP contribution in [0.15, 0.2) is 36.5 Å². The molecule has 0 spiro atoms. The van der Waals surface area contributed by atoms with Crippen LogP contribution in [0.3, 0.4) is 0 Å². The van der Waals surface area contributed by atoms with E-state index in [-0.39, 0.29) is 17.0 Å². The first-order chi connectivity index (χ1) is 8.63.